The Labute approximate surface area is 170 Å². The third-order valence-electron chi connectivity index (χ3n) is 4.65. The maximum Gasteiger partial charge on any atom is 0.263 e. The van der Waals surface area contributed by atoms with Crippen LogP contribution in [0.1, 0.15) is 22.3 Å². The number of piperazine rings is 1. The molecule has 1 aliphatic heterocycles. The van der Waals surface area contributed by atoms with Gasteiger partial charge in [0.1, 0.15) is 4.88 Å². The van der Waals surface area contributed by atoms with Gasteiger partial charge in [0.05, 0.1) is 17.7 Å². The van der Waals surface area contributed by atoms with Crippen LogP contribution in [-0.2, 0) is 0 Å². The number of benzene rings is 1. The first-order valence-corrected chi connectivity index (χ1v) is 10.6. The topological polar surface area (TPSA) is 72.9 Å². The van der Waals surface area contributed by atoms with Crippen LogP contribution in [0, 0.1) is 6.92 Å². The van der Waals surface area contributed by atoms with E-state index < -0.39 is 0 Å². The molecule has 7 nitrogen and oxygen atoms in total. The number of rotatable bonds is 6. The van der Waals surface area contributed by atoms with Crippen molar-refractivity contribution in [3.63, 3.8) is 0 Å². The molecule has 2 aromatic rings. The summed E-state index contributed by atoms with van der Waals surface area (Å²) in [5.41, 5.74) is 3.74. The number of aromatic nitrogens is 1. The highest BCUT2D eigenvalue weighted by atomic mass is 32.1. The van der Waals surface area contributed by atoms with Crippen LogP contribution in [0.15, 0.2) is 40.8 Å². The van der Waals surface area contributed by atoms with Gasteiger partial charge in [0.2, 0.25) is 0 Å². The van der Waals surface area contributed by atoms with E-state index in [0.29, 0.717) is 18.0 Å². The van der Waals surface area contributed by atoms with E-state index in [4.69, 9.17) is 4.99 Å². The van der Waals surface area contributed by atoms with Crippen molar-refractivity contribution in [1.82, 2.24) is 20.5 Å². The lowest BCUT2D eigenvalue weighted by atomic mass is 10.2. The van der Waals surface area contributed by atoms with Crippen LogP contribution in [0.5, 0.6) is 0 Å². The molecule has 3 rings (SSSR count). The van der Waals surface area contributed by atoms with Gasteiger partial charge in [0.25, 0.3) is 5.91 Å². The number of guanidine groups is 1. The SMILES string of the molecule is CCNC(=NCCNC(=O)c1scnc1C)N1CCN(c2ccccc2)CC1. The van der Waals surface area contributed by atoms with Gasteiger partial charge in [0.15, 0.2) is 5.96 Å². The molecule has 1 fully saturated rings. The lowest BCUT2D eigenvalue weighted by Crippen LogP contribution is -2.52. The highest BCUT2D eigenvalue weighted by Crippen LogP contribution is 2.15. The molecule has 0 spiro atoms. The minimum atomic E-state index is -0.0725. The van der Waals surface area contributed by atoms with Crippen LogP contribution < -0.4 is 15.5 Å². The average Bonchev–Trinajstić information content (AvgIpc) is 3.17. The summed E-state index contributed by atoms with van der Waals surface area (Å²) in [4.78, 5) is 26.3. The normalized spacial score (nSPS) is 14.9. The van der Waals surface area contributed by atoms with E-state index >= 15 is 0 Å². The number of para-hydroxylation sites is 1. The Bertz CT molecular complexity index is 783. The fourth-order valence-corrected chi connectivity index (χ4v) is 3.89. The zero-order valence-corrected chi connectivity index (χ0v) is 17.3. The van der Waals surface area contributed by atoms with Crippen molar-refractivity contribution in [2.24, 2.45) is 4.99 Å². The second kappa shape index (κ2) is 10.1. The molecule has 2 heterocycles. The highest BCUT2D eigenvalue weighted by molar-refractivity contribution is 7.11. The molecule has 8 heteroatoms. The zero-order chi connectivity index (χ0) is 19.8. The summed E-state index contributed by atoms with van der Waals surface area (Å²) >= 11 is 1.37. The zero-order valence-electron chi connectivity index (χ0n) is 16.5. The second-order valence-electron chi connectivity index (χ2n) is 6.57. The van der Waals surface area contributed by atoms with Gasteiger partial charge < -0.3 is 20.4 Å². The van der Waals surface area contributed by atoms with Gasteiger partial charge in [-0.05, 0) is 26.0 Å². The highest BCUT2D eigenvalue weighted by Gasteiger charge is 2.19. The van der Waals surface area contributed by atoms with Gasteiger partial charge in [-0.25, -0.2) is 4.98 Å². The lowest BCUT2D eigenvalue weighted by Gasteiger charge is -2.37. The van der Waals surface area contributed by atoms with E-state index in [1.807, 2.05) is 13.0 Å². The van der Waals surface area contributed by atoms with Crippen molar-refractivity contribution in [2.75, 3.05) is 50.7 Å². The average molecular weight is 401 g/mol. The standard InChI is InChI=1S/C20H28N6OS/c1-3-21-20(23-10-9-22-19(27)18-16(2)24-15-28-18)26-13-11-25(12-14-26)17-7-5-4-6-8-17/h4-8,15H,3,9-14H2,1-2H3,(H,21,23)(H,22,27). The Morgan fingerprint density at radius 3 is 2.57 bits per heavy atom. The molecule has 1 amide bonds. The molecular weight excluding hydrogens is 372 g/mol. The van der Waals surface area contributed by atoms with Gasteiger partial charge in [-0.1, -0.05) is 18.2 Å². The molecule has 1 aliphatic rings. The number of aliphatic imine (C=N–C) groups is 1. The number of nitrogens with one attached hydrogen (secondary N) is 2. The minimum absolute atomic E-state index is 0.0725. The van der Waals surface area contributed by atoms with E-state index in [-0.39, 0.29) is 5.91 Å². The van der Waals surface area contributed by atoms with E-state index in [0.717, 1.165) is 44.4 Å². The molecule has 1 aromatic carbocycles. The molecule has 0 aliphatic carbocycles. The van der Waals surface area contributed by atoms with Gasteiger partial charge in [0, 0.05) is 45.0 Å². The second-order valence-corrected chi connectivity index (χ2v) is 7.42. The number of carbonyl (C=O) groups excluding carboxylic acids is 1. The number of nitrogens with zero attached hydrogens (tertiary/aromatic N) is 4. The lowest BCUT2D eigenvalue weighted by molar-refractivity contribution is 0.0958. The van der Waals surface area contributed by atoms with E-state index in [2.05, 4.69) is 56.6 Å². The maximum absolute atomic E-state index is 12.1. The Balaban J connectivity index is 1.49. The summed E-state index contributed by atoms with van der Waals surface area (Å²) in [6.45, 7) is 9.59. The Morgan fingerprint density at radius 2 is 1.93 bits per heavy atom. The molecule has 28 heavy (non-hydrogen) atoms. The van der Waals surface area contributed by atoms with E-state index in [1.165, 1.54) is 17.0 Å². The van der Waals surface area contributed by atoms with Crippen molar-refractivity contribution in [3.05, 3.63) is 46.4 Å². The third kappa shape index (κ3) is 5.22. The van der Waals surface area contributed by atoms with Gasteiger partial charge >= 0.3 is 0 Å². The maximum atomic E-state index is 12.1. The van der Waals surface area contributed by atoms with Crippen molar-refractivity contribution >= 4 is 28.9 Å². The number of carbonyl (C=O) groups is 1. The summed E-state index contributed by atoms with van der Waals surface area (Å²) in [5.74, 6) is 0.843. The molecule has 150 valence electrons. The predicted octanol–water partition coefficient (Wildman–Crippen LogP) is 1.97. The largest absolute Gasteiger partial charge is 0.368 e. The fraction of sp³-hybridized carbons (Fsp3) is 0.450. The number of aryl methyl sites for hydroxylation is 1. The Kier molecular flexibility index (Phi) is 7.25. The quantitative estimate of drug-likeness (QED) is 0.441. The first-order valence-electron chi connectivity index (χ1n) is 9.70. The summed E-state index contributed by atoms with van der Waals surface area (Å²) in [7, 11) is 0. The smallest absolute Gasteiger partial charge is 0.263 e. The minimum Gasteiger partial charge on any atom is -0.368 e. The van der Waals surface area contributed by atoms with Gasteiger partial charge in [-0.3, -0.25) is 9.79 Å². The van der Waals surface area contributed by atoms with Gasteiger partial charge in [-0.15, -0.1) is 11.3 Å². The van der Waals surface area contributed by atoms with Crippen LogP contribution in [0.25, 0.3) is 0 Å². The van der Waals surface area contributed by atoms with E-state index in [9.17, 15) is 4.79 Å². The van der Waals surface area contributed by atoms with E-state index in [1.54, 1.807) is 5.51 Å². The van der Waals surface area contributed by atoms with Crippen LogP contribution in [0.4, 0.5) is 5.69 Å². The number of hydrogen-bond acceptors (Lipinski definition) is 5. The molecule has 0 unspecified atom stereocenters. The first-order chi connectivity index (χ1) is 13.7. The molecule has 2 N–H and O–H groups in total. The van der Waals surface area contributed by atoms with Crippen LogP contribution in [-0.4, -0.2) is 67.6 Å². The van der Waals surface area contributed by atoms with Crippen LogP contribution in [0.3, 0.4) is 0 Å². The Hall–Kier alpha value is -2.61. The number of hydrogen-bond donors (Lipinski definition) is 2. The number of amides is 1. The summed E-state index contributed by atoms with van der Waals surface area (Å²) in [6.07, 6.45) is 0. The molecule has 1 aromatic heterocycles. The predicted molar refractivity (Wildman–Crippen MR) is 115 cm³/mol. The molecule has 0 radical (unpaired) electrons. The van der Waals surface area contributed by atoms with Crippen molar-refractivity contribution in [2.45, 2.75) is 13.8 Å². The first kappa shape index (κ1) is 20.1. The summed E-state index contributed by atoms with van der Waals surface area (Å²) in [6, 6.07) is 10.5. The summed E-state index contributed by atoms with van der Waals surface area (Å²) < 4.78 is 0. The Morgan fingerprint density at radius 1 is 1.18 bits per heavy atom. The van der Waals surface area contributed by atoms with Crippen molar-refractivity contribution in [3.8, 4) is 0 Å². The van der Waals surface area contributed by atoms with Crippen molar-refractivity contribution < 1.29 is 4.79 Å². The van der Waals surface area contributed by atoms with Crippen LogP contribution >= 0.6 is 11.3 Å². The third-order valence-corrected chi connectivity index (χ3v) is 5.57. The van der Waals surface area contributed by atoms with Gasteiger partial charge in [-0.2, -0.15) is 0 Å². The molecular formula is C20H28N6OS. The monoisotopic (exact) mass is 400 g/mol. The number of anilines is 1. The number of thiazole rings is 1. The molecule has 1 saturated heterocycles. The fourth-order valence-electron chi connectivity index (χ4n) is 3.17. The molecule has 0 saturated carbocycles. The van der Waals surface area contributed by atoms with Crippen molar-refractivity contribution in [1.29, 1.82) is 0 Å². The summed E-state index contributed by atoms with van der Waals surface area (Å²) in [5, 5.41) is 6.29. The molecule has 0 atom stereocenters. The van der Waals surface area contributed by atoms with Crippen LogP contribution in [0.2, 0.25) is 0 Å². The molecule has 0 bridgehead atoms.